The fraction of sp³-hybridized carbons (Fsp3) is 0.500. The summed E-state index contributed by atoms with van der Waals surface area (Å²) in [7, 11) is 0. The normalized spacial score (nSPS) is 12.1. The van der Waals surface area contributed by atoms with Gasteiger partial charge < -0.3 is 47.4 Å². The molecule has 16 nitrogen and oxygen atoms in total. The van der Waals surface area contributed by atoms with Crippen molar-refractivity contribution in [1.82, 2.24) is 0 Å². The van der Waals surface area contributed by atoms with Crippen LogP contribution in [-0.2, 0) is 50.0 Å². The highest BCUT2D eigenvalue weighted by Crippen LogP contribution is 2.40. The standard InChI is InChI=1S/C35H48O8.C33H44O8/c1-12-35(10,11)27-19-25(29(43-23(2)3)20-30(27)40-22-42-32(38)34(7,8)9)15-18-28(36)24-13-16-26(17-14-24)39-21-41-31(37)33(4,5)6;1-10-11-24-18-25(29(41-22(2)3)19-28(24)38-21-40-31(36)33(7,8)9)14-17-27(34)23-12-15-26(16-13-23)37-20-39-30(35)32(4,5)6/h13-20,23H,12,21-22H2,1-11H3;12-19,22H,10-11,20-21H2,1-9H3/b18-15+;17-14+. The van der Waals surface area contributed by atoms with E-state index in [1.165, 1.54) is 12.2 Å². The first-order chi connectivity index (χ1) is 39.0. The summed E-state index contributed by atoms with van der Waals surface area (Å²) >= 11 is 0. The molecule has 0 radical (unpaired) electrons. The molecule has 4 aromatic carbocycles. The minimum absolute atomic E-state index is 0.114. The number of rotatable bonds is 26. The number of benzene rings is 4. The molecule has 0 N–H and O–H groups in total. The predicted octanol–water partition coefficient (Wildman–Crippen LogP) is 15.1. The van der Waals surface area contributed by atoms with Crippen LogP contribution in [0.3, 0.4) is 0 Å². The van der Waals surface area contributed by atoms with Gasteiger partial charge in [-0.2, -0.15) is 0 Å². The molecule has 84 heavy (non-hydrogen) atoms. The number of allylic oxidation sites excluding steroid dienone is 2. The van der Waals surface area contributed by atoms with Gasteiger partial charge in [-0.05, 0) is 220 Å². The highest BCUT2D eigenvalue weighted by atomic mass is 16.7. The van der Waals surface area contributed by atoms with Gasteiger partial charge in [0.1, 0.15) is 34.5 Å². The van der Waals surface area contributed by atoms with E-state index in [9.17, 15) is 28.8 Å². The molecule has 0 saturated heterocycles. The van der Waals surface area contributed by atoms with E-state index in [4.69, 9.17) is 47.4 Å². The van der Waals surface area contributed by atoms with Crippen molar-refractivity contribution in [2.75, 3.05) is 27.2 Å². The van der Waals surface area contributed by atoms with Gasteiger partial charge >= 0.3 is 23.9 Å². The lowest BCUT2D eigenvalue weighted by Gasteiger charge is -2.28. The lowest BCUT2D eigenvalue weighted by molar-refractivity contribution is -0.160. The number of carbonyl (C=O) groups excluding carboxylic acids is 6. The molecule has 0 aliphatic carbocycles. The Labute approximate surface area is 498 Å². The number of carbonyl (C=O) groups is 6. The molecule has 0 aliphatic heterocycles. The zero-order valence-electron chi connectivity index (χ0n) is 53.4. The molecule has 0 bridgehead atoms. The van der Waals surface area contributed by atoms with Crippen LogP contribution in [0, 0.1) is 21.7 Å². The molecule has 0 unspecified atom stereocenters. The van der Waals surface area contributed by atoms with Crippen molar-refractivity contribution in [2.24, 2.45) is 21.7 Å². The van der Waals surface area contributed by atoms with Gasteiger partial charge in [0, 0.05) is 39.9 Å². The van der Waals surface area contributed by atoms with Gasteiger partial charge in [0.15, 0.2) is 11.6 Å². The number of ketones is 2. The van der Waals surface area contributed by atoms with Gasteiger partial charge in [0.2, 0.25) is 27.2 Å². The Morgan fingerprint density at radius 2 is 0.762 bits per heavy atom. The van der Waals surface area contributed by atoms with Crippen molar-refractivity contribution < 1.29 is 76.1 Å². The van der Waals surface area contributed by atoms with E-state index in [1.807, 2.05) is 39.8 Å². The van der Waals surface area contributed by atoms with Gasteiger partial charge in [-0.15, -0.1) is 0 Å². The first-order valence-electron chi connectivity index (χ1n) is 28.5. The average molecular weight is 1170 g/mol. The second-order valence-corrected chi connectivity index (χ2v) is 25.4. The summed E-state index contributed by atoms with van der Waals surface area (Å²) in [6.45, 7) is 36.5. The van der Waals surface area contributed by atoms with E-state index < -0.39 is 21.7 Å². The molecular formula is C68H92O16. The predicted molar refractivity (Wildman–Crippen MR) is 326 cm³/mol. The van der Waals surface area contributed by atoms with Crippen LogP contribution in [0.15, 0.2) is 84.9 Å². The molecule has 16 heteroatoms. The van der Waals surface area contributed by atoms with Gasteiger partial charge in [0.25, 0.3) is 0 Å². The Hall–Kier alpha value is -7.62. The monoisotopic (exact) mass is 1160 g/mol. The van der Waals surface area contributed by atoms with Gasteiger partial charge in [-0.3, -0.25) is 28.8 Å². The van der Waals surface area contributed by atoms with E-state index in [1.54, 1.807) is 156 Å². The number of hydrogen-bond donors (Lipinski definition) is 0. The quantitative estimate of drug-likeness (QED) is 0.0189. The third kappa shape index (κ3) is 23.6. The molecule has 0 saturated carbocycles. The lowest BCUT2D eigenvalue weighted by atomic mass is 9.80. The molecule has 0 atom stereocenters. The van der Waals surface area contributed by atoms with Crippen LogP contribution in [0.5, 0.6) is 34.5 Å². The van der Waals surface area contributed by atoms with E-state index in [-0.39, 0.29) is 80.2 Å². The molecule has 0 spiro atoms. The molecular weight excluding hydrogens is 1070 g/mol. The molecule has 0 fully saturated rings. The summed E-state index contributed by atoms with van der Waals surface area (Å²) in [5, 5.41) is 0. The number of hydrogen-bond acceptors (Lipinski definition) is 16. The van der Waals surface area contributed by atoms with E-state index in [2.05, 4.69) is 27.7 Å². The van der Waals surface area contributed by atoms with E-state index >= 15 is 0 Å². The van der Waals surface area contributed by atoms with Gasteiger partial charge in [-0.1, -0.05) is 34.1 Å². The van der Waals surface area contributed by atoms with Gasteiger partial charge in [0.05, 0.1) is 33.9 Å². The van der Waals surface area contributed by atoms with Crippen molar-refractivity contribution >= 4 is 47.6 Å². The highest BCUT2D eigenvalue weighted by Gasteiger charge is 2.29. The molecule has 0 aromatic heterocycles. The summed E-state index contributed by atoms with van der Waals surface area (Å²) in [5.41, 5.74) is 1.43. The lowest BCUT2D eigenvalue weighted by Crippen LogP contribution is -2.25. The number of aryl methyl sites for hydroxylation is 1. The van der Waals surface area contributed by atoms with E-state index in [0.717, 1.165) is 41.5 Å². The molecule has 460 valence electrons. The molecule has 4 aromatic rings. The average Bonchev–Trinajstić information content (AvgIpc) is 2.21. The number of esters is 4. The van der Waals surface area contributed by atoms with Crippen molar-refractivity contribution in [3.8, 4) is 34.5 Å². The molecule has 0 heterocycles. The smallest absolute Gasteiger partial charge is 0.314 e. The minimum Gasteiger partial charge on any atom is -0.490 e. The van der Waals surface area contributed by atoms with Crippen molar-refractivity contribution in [1.29, 1.82) is 0 Å². The van der Waals surface area contributed by atoms with Crippen LogP contribution in [-0.4, -0.2) is 74.8 Å². The Bertz CT molecular complexity index is 2900. The third-order valence-corrected chi connectivity index (χ3v) is 12.4. The first kappa shape index (κ1) is 70.6. The Balaban J connectivity index is 0.000000441. The van der Waals surface area contributed by atoms with Crippen LogP contribution in [0.25, 0.3) is 12.2 Å². The van der Waals surface area contributed by atoms with Crippen molar-refractivity contribution in [3.05, 3.63) is 118 Å². The molecule has 4 rings (SSSR count). The summed E-state index contributed by atoms with van der Waals surface area (Å²) in [6, 6.07) is 20.7. The topological polar surface area (TPSA) is 195 Å². The van der Waals surface area contributed by atoms with Crippen LogP contribution in [0.2, 0.25) is 0 Å². The summed E-state index contributed by atoms with van der Waals surface area (Å²) in [5.74, 6) is 1.34. The highest BCUT2D eigenvalue weighted by molar-refractivity contribution is 6.07. The van der Waals surface area contributed by atoms with E-state index in [0.29, 0.717) is 45.6 Å². The Morgan fingerprint density at radius 3 is 1.10 bits per heavy atom. The second-order valence-electron chi connectivity index (χ2n) is 25.4. The van der Waals surface area contributed by atoms with Gasteiger partial charge in [-0.25, -0.2) is 0 Å². The van der Waals surface area contributed by atoms with Crippen LogP contribution in [0.4, 0.5) is 0 Å². The minimum atomic E-state index is -0.643. The Morgan fingerprint density at radius 1 is 0.429 bits per heavy atom. The fourth-order valence-electron chi connectivity index (χ4n) is 7.03. The third-order valence-electron chi connectivity index (χ3n) is 12.4. The second kappa shape index (κ2) is 31.3. The maximum absolute atomic E-state index is 13.1. The maximum atomic E-state index is 13.1. The first-order valence-corrected chi connectivity index (χ1v) is 28.5. The SMILES string of the molecule is CCC(C)(C)c1cc(/C=C/C(=O)c2ccc(OCOC(=O)C(C)(C)C)cc2)c(OC(C)C)cc1OCOC(=O)C(C)(C)C.CCCc1cc(/C=C/C(=O)c2ccc(OCOC(=O)C(C)(C)C)cc2)c(OC(C)C)cc1OCOC(=O)C(C)(C)C. The zero-order chi connectivity index (χ0) is 63.4. The Kier molecular flexibility index (Phi) is 26.3. The van der Waals surface area contributed by atoms with Crippen LogP contribution in [0.1, 0.15) is 194 Å². The molecule has 0 aliphatic rings. The summed E-state index contributed by atoms with van der Waals surface area (Å²) in [6.07, 6.45) is 8.62. The van der Waals surface area contributed by atoms with Crippen molar-refractivity contribution in [3.63, 3.8) is 0 Å². The number of ether oxygens (including phenoxy) is 10. The summed E-state index contributed by atoms with van der Waals surface area (Å²) < 4.78 is 55.8. The zero-order valence-corrected chi connectivity index (χ0v) is 53.4. The van der Waals surface area contributed by atoms with Crippen molar-refractivity contribution in [2.45, 2.75) is 175 Å². The van der Waals surface area contributed by atoms with Crippen LogP contribution < -0.4 is 28.4 Å². The summed E-state index contributed by atoms with van der Waals surface area (Å²) in [4.78, 5) is 74.1. The molecule has 0 amide bonds. The van der Waals surface area contributed by atoms with Crippen LogP contribution >= 0.6 is 0 Å². The largest absolute Gasteiger partial charge is 0.490 e. The fourth-order valence-corrected chi connectivity index (χ4v) is 7.03. The maximum Gasteiger partial charge on any atom is 0.314 e.